The summed E-state index contributed by atoms with van der Waals surface area (Å²) in [7, 11) is 0. The van der Waals surface area contributed by atoms with Gasteiger partial charge in [0.1, 0.15) is 0 Å². The van der Waals surface area contributed by atoms with E-state index in [1.165, 1.54) is 10.6 Å². The molecule has 6 nitrogen and oxygen atoms in total. The lowest BCUT2D eigenvalue weighted by molar-refractivity contribution is 0.0549. The topological polar surface area (TPSA) is 67.9 Å². The molecule has 0 aliphatic heterocycles. The monoisotopic (exact) mass is 292 g/mol. The first-order chi connectivity index (χ1) is 10.2. The largest absolute Gasteiger partial charge is 0.449 e. The Labute approximate surface area is 124 Å². The fourth-order valence-corrected chi connectivity index (χ4v) is 2.51. The molecule has 1 aliphatic rings. The lowest BCUT2D eigenvalue weighted by atomic mass is 10.1. The fourth-order valence-electron chi connectivity index (χ4n) is 2.51. The number of aryl methyl sites for hydroxylation is 1. The Bertz CT molecular complexity index is 518. The molecule has 0 saturated carbocycles. The lowest BCUT2D eigenvalue weighted by Crippen LogP contribution is -2.48. The van der Waals surface area contributed by atoms with E-state index in [4.69, 9.17) is 9.47 Å². The number of amides is 2. The first-order valence-corrected chi connectivity index (χ1v) is 7.14. The summed E-state index contributed by atoms with van der Waals surface area (Å²) in [6.07, 6.45) is 0.369. The number of fused-ring (bicyclic) bond motifs is 1. The van der Waals surface area contributed by atoms with Crippen LogP contribution in [0.15, 0.2) is 24.3 Å². The van der Waals surface area contributed by atoms with Crippen molar-refractivity contribution in [2.45, 2.75) is 32.7 Å². The molecular weight excluding hydrogens is 272 g/mol. The van der Waals surface area contributed by atoms with Gasteiger partial charge in [0.2, 0.25) is 0 Å². The summed E-state index contributed by atoms with van der Waals surface area (Å²) < 4.78 is 9.88. The van der Waals surface area contributed by atoms with Gasteiger partial charge in [-0.15, -0.1) is 0 Å². The highest BCUT2D eigenvalue weighted by Gasteiger charge is 2.33. The average molecular weight is 292 g/mol. The predicted octanol–water partition coefficient (Wildman–Crippen LogP) is 2.79. The van der Waals surface area contributed by atoms with Crippen molar-refractivity contribution in [3.05, 3.63) is 35.4 Å². The van der Waals surface area contributed by atoms with Crippen LogP contribution < -0.4 is 5.43 Å². The van der Waals surface area contributed by atoms with E-state index >= 15 is 0 Å². The van der Waals surface area contributed by atoms with Crippen molar-refractivity contribution in [1.29, 1.82) is 0 Å². The number of carbonyl (C=O) groups excluding carboxylic acids is 2. The first kappa shape index (κ1) is 15.2. The number of benzene rings is 1. The molecule has 1 unspecified atom stereocenters. The van der Waals surface area contributed by atoms with Crippen molar-refractivity contribution in [2.75, 3.05) is 13.2 Å². The van der Waals surface area contributed by atoms with E-state index in [2.05, 4.69) is 5.43 Å². The van der Waals surface area contributed by atoms with Crippen molar-refractivity contribution in [3.8, 4) is 0 Å². The van der Waals surface area contributed by atoms with Crippen molar-refractivity contribution in [2.24, 2.45) is 0 Å². The summed E-state index contributed by atoms with van der Waals surface area (Å²) in [5.74, 6) is 0. The van der Waals surface area contributed by atoms with Crippen LogP contribution >= 0.6 is 0 Å². The summed E-state index contributed by atoms with van der Waals surface area (Å²) in [6, 6.07) is 7.65. The molecular formula is C15H20N2O4. The van der Waals surface area contributed by atoms with E-state index in [0.717, 1.165) is 18.4 Å². The summed E-state index contributed by atoms with van der Waals surface area (Å²) in [5.41, 5.74) is 4.70. The zero-order valence-electron chi connectivity index (χ0n) is 12.3. The van der Waals surface area contributed by atoms with Gasteiger partial charge in [0.15, 0.2) is 0 Å². The van der Waals surface area contributed by atoms with Gasteiger partial charge in [-0.3, -0.25) is 0 Å². The minimum Gasteiger partial charge on any atom is -0.449 e. The van der Waals surface area contributed by atoms with Crippen molar-refractivity contribution >= 4 is 12.2 Å². The molecule has 0 fully saturated rings. The number of nitrogens with one attached hydrogen (secondary N) is 1. The molecule has 0 aromatic heterocycles. The maximum Gasteiger partial charge on any atom is 0.429 e. The SMILES string of the molecule is CCOC(=O)NN(C(=O)OCC)C1CCc2ccccc21. The Morgan fingerprint density at radius 2 is 1.95 bits per heavy atom. The number of hydrazine groups is 1. The van der Waals surface area contributed by atoms with E-state index < -0.39 is 12.2 Å². The zero-order chi connectivity index (χ0) is 15.2. The van der Waals surface area contributed by atoms with Crippen LogP contribution in [0, 0.1) is 0 Å². The van der Waals surface area contributed by atoms with Crippen LogP contribution in [-0.2, 0) is 15.9 Å². The molecule has 1 aromatic carbocycles. The number of carbonyl (C=O) groups is 2. The summed E-state index contributed by atoms with van der Waals surface area (Å²) in [5, 5.41) is 1.23. The smallest absolute Gasteiger partial charge is 0.429 e. The van der Waals surface area contributed by atoms with Gasteiger partial charge >= 0.3 is 12.2 Å². The van der Waals surface area contributed by atoms with Gasteiger partial charge in [0, 0.05) is 0 Å². The molecule has 1 aromatic rings. The number of ether oxygens (including phenoxy) is 2. The number of nitrogens with zero attached hydrogens (tertiary/aromatic N) is 1. The molecule has 2 rings (SSSR count). The van der Waals surface area contributed by atoms with Crippen molar-refractivity contribution in [1.82, 2.24) is 10.4 Å². The normalized spacial score (nSPS) is 16.0. The highest BCUT2D eigenvalue weighted by molar-refractivity contribution is 5.74. The van der Waals surface area contributed by atoms with Crippen LogP contribution in [-0.4, -0.2) is 30.4 Å². The second-order valence-electron chi connectivity index (χ2n) is 4.65. The Morgan fingerprint density at radius 3 is 2.67 bits per heavy atom. The van der Waals surface area contributed by atoms with Gasteiger partial charge in [0.25, 0.3) is 0 Å². The van der Waals surface area contributed by atoms with E-state index in [0.29, 0.717) is 0 Å². The van der Waals surface area contributed by atoms with Gasteiger partial charge in [0.05, 0.1) is 19.3 Å². The van der Waals surface area contributed by atoms with Crippen LogP contribution in [0.25, 0.3) is 0 Å². The Morgan fingerprint density at radius 1 is 1.24 bits per heavy atom. The van der Waals surface area contributed by atoms with E-state index in [1.807, 2.05) is 24.3 Å². The van der Waals surface area contributed by atoms with Crippen LogP contribution in [0.3, 0.4) is 0 Å². The van der Waals surface area contributed by atoms with Gasteiger partial charge in [-0.2, -0.15) is 0 Å². The molecule has 0 radical (unpaired) electrons. The van der Waals surface area contributed by atoms with Crippen molar-refractivity contribution in [3.63, 3.8) is 0 Å². The Hall–Kier alpha value is -2.24. The average Bonchev–Trinajstić information content (AvgIpc) is 2.89. The highest BCUT2D eigenvalue weighted by Crippen LogP contribution is 2.35. The molecule has 0 heterocycles. The third-order valence-corrected chi connectivity index (χ3v) is 3.36. The molecule has 21 heavy (non-hydrogen) atoms. The summed E-state index contributed by atoms with van der Waals surface area (Å²) in [4.78, 5) is 23.8. The number of rotatable bonds is 3. The molecule has 0 spiro atoms. The zero-order valence-corrected chi connectivity index (χ0v) is 12.3. The second-order valence-corrected chi connectivity index (χ2v) is 4.65. The quantitative estimate of drug-likeness (QED) is 0.870. The predicted molar refractivity (Wildman–Crippen MR) is 76.5 cm³/mol. The molecule has 1 N–H and O–H groups in total. The summed E-state index contributed by atoms with van der Waals surface area (Å²) in [6.45, 7) is 3.92. The van der Waals surface area contributed by atoms with Crippen LogP contribution in [0.5, 0.6) is 0 Å². The molecule has 114 valence electrons. The first-order valence-electron chi connectivity index (χ1n) is 7.14. The third-order valence-electron chi connectivity index (χ3n) is 3.36. The van der Waals surface area contributed by atoms with Gasteiger partial charge in [-0.05, 0) is 37.8 Å². The van der Waals surface area contributed by atoms with E-state index in [1.54, 1.807) is 13.8 Å². The summed E-state index contributed by atoms with van der Waals surface area (Å²) >= 11 is 0. The molecule has 2 amide bonds. The van der Waals surface area contributed by atoms with Crippen LogP contribution in [0.1, 0.15) is 37.4 Å². The maximum absolute atomic E-state index is 12.1. The van der Waals surface area contributed by atoms with Crippen molar-refractivity contribution < 1.29 is 19.1 Å². The highest BCUT2D eigenvalue weighted by atomic mass is 16.6. The minimum atomic E-state index is -0.657. The van der Waals surface area contributed by atoms with Gasteiger partial charge in [-0.1, -0.05) is 24.3 Å². The molecule has 0 bridgehead atoms. The molecule has 1 aliphatic carbocycles. The van der Waals surface area contributed by atoms with E-state index in [9.17, 15) is 9.59 Å². The number of hydrogen-bond acceptors (Lipinski definition) is 4. The number of hydrogen-bond donors (Lipinski definition) is 1. The van der Waals surface area contributed by atoms with Crippen LogP contribution in [0.2, 0.25) is 0 Å². The Balaban J connectivity index is 2.19. The van der Waals surface area contributed by atoms with Gasteiger partial charge < -0.3 is 9.47 Å². The Kier molecular flexibility index (Phi) is 5.03. The standard InChI is InChI=1S/C15H20N2O4/c1-3-20-14(18)16-17(15(19)21-4-2)13-10-9-11-7-5-6-8-12(11)13/h5-8,13H,3-4,9-10H2,1-2H3,(H,16,18). The van der Waals surface area contributed by atoms with Crippen LogP contribution in [0.4, 0.5) is 9.59 Å². The van der Waals surface area contributed by atoms with E-state index in [-0.39, 0.29) is 19.3 Å². The second kappa shape index (κ2) is 6.97. The fraction of sp³-hybridized carbons (Fsp3) is 0.467. The molecule has 6 heteroatoms. The van der Waals surface area contributed by atoms with Gasteiger partial charge in [-0.25, -0.2) is 20.0 Å². The maximum atomic E-state index is 12.1. The third kappa shape index (κ3) is 3.45. The lowest BCUT2D eigenvalue weighted by Gasteiger charge is -2.28. The molecule has 1 atom stereocenters. The minimum absolute atomic E-state index is 0.232. The molecule has 0 saturated heterocycles.